The van der Waals surface area contributed by atoms with Gasteiger partial charge >= 0.3 is 0 Å². The van der Waals surface area contributed by atoms with Crippen molar-refractivity contribution in [3.05, 3.63) is 0 Å². The first-order valence-electron chi connectivity index (χ1n) is 4.19. The van der Waals surface area contributed by atoms with E-state index in [9.17, 15) is 4.79 Å². The van der Waals surface area contributed by atoms with E-state index in [2.05, 4.69) is 5.32 Å². The van der Waals surface area contributed by atoms with Crippen LogP contribution in [-0.4, -0.2) is 24.2 Å². The Kier molecular flexibility index (Phi) is 1.42. The molecule has 62 valence electrons. The summed E-state index contributed by atoms with van der Waals surface area (Å²) in [5.74, 6) is 0.402. The first-order chi connectivity index (χ1) is 5.29. The fraction of sp³-hybridized carbons (Fsp3) is 0.875. The quantitative estimate of drug-likeness (QED) is 0.555. The van der Waals surface area contributed by atoms with E-state index in [-0.39, 0.29) is 23.8 Å². The fourth-order valence-electron chi connectivity index (χ4n) is 2.03. The van der Waals surface area contributed by atoms with Crippen LogP contribution in [0, 0.1) is 11.3 Å². The number of amides is 1. The third-order valence-corrected chi connectivity index (χ3v) is 3.02. The Labute approximate surface area is 65.8 Å². The van der Waals surface area contributed by atoms with Gasteiger partial charge in [-0.2, -0.15) is 0 Å². The highest BCUT2D eigenvalue weighted by Gasteiger charge is 2.56. The summed E-state index contributed by atoms with van der Waals surface area (Å²) in [6, 6.07) is 0. The molecule has 0 radical (unpaired) electrons. The molecule has 1 unspecified atom stereocenters. The van der Waals surface area contributed by atoms with E-state index in [1.807, 2.05) is 0 Å². The van der Waals surface area contributed by atoms with Crippen LogP contribution in [0.2, 0.25) is 0 Å². The number of carbonyl (C=O) groups is 1. The Morgan fingerprint density at radius 1 is 1.64 bits per heavy atom. The van der Waals surface area contributed by atoms with Crippen molar-refractivity contribution >= 4 is 5.91 Å². The molecule has 1 heterocycles. The number of aliphatic hydroxyl groups excluding tert-OH is 1. The molecule has 0 aromatic heterocycles. The Hall–Kier alpha value is -0.570. The summed E-state index contributed by atoms with van der Waals surface area (Å²) in [5.41, 5.74) is -0.146. The number of nitrogens with one attached hydrogen (secondary N) is 1. The van der Waals surface area contributed by atoms with Gasteiger partial charge in [0.1, 0.15) is 0 Å². The highest BCUT2D eigenvalue weighted by atomic mass is 16.3. The summed E-state index contributed by atoms with van der Waals surface area (Å²) in [7, 11) is 0. The van der Waals surface area contributed by atoms with Crippen molar-refractivity contribution in [3.8, 4) is 0 Å². The zero-order chi connectivity index (χ0) is 7.90. The van der Waals surface area contributed by atoms with Gasteiger partial charge in [0.05, 0.1) is 5.41 Å². The first-order valence-corrected chi connectivity index (χ1v) is 4.19. The van der Waals surface area contributed by atoms with Gasteiger partial charge in [0.25, 0.3) is 0 Å². The zero-order valence-corrected chi connectivity index (χ0v) is 6.47. The molecule has 3 nitrogen and oxygen atoms in total. The first kappa shape index (κ1) is 7.10. The highest BCUT2D eigenvalue weighted by molar-refractivity contribution is 5.86. The summed E-state index contributed by atoms with van der Waals surface area (Å²) in [6.45, 7) is 0.916. The minimum absolute atomic E-state index is 0.146. The summed E-state index contributed by atoms with van der Waals surface area (Å²) in [4.78, 5) is 11.3. The van der Waals surface area contributed by atoms with Gasteiger partial charge in [0, 0.05) is 13.2 Å². The summed E-state index contributed by atoms with van der Waals surface area (Å²) < 4.78 is 0. The molecule has 2 fully saturated rings. The van der Waals surface area contributed by atoms with E-state index >= 15 is 0 Å². The normalized spacial score (nSPS) is 33.5. The van der Waals surface area contributed by atoms with Crippen molar-refractivity contribution in [2.75, 3.05) is 13.2 Å². The summed E-state index contributed by atoms with van der Waals surface area (Å²) in [5, 5.41) is 11.9. The molecule has 0 aromatic rings. The number of rotatable bonds is 1. The second-order valence-corrected chi connectivity index (χ2v) is 3.58. The molecular formula is C8H13NO2. The van der Waals surface area contributed by atoms with E-state index in [0.29, 0.717) is 0 Å². The van der Waals surface area contributed by atoms with E-state index in [1.54, 1.807) is 0 Å². The molecule has 2 aliphatic rings. The Bertz CT molecular complexity index is 187. The van der Waals surface area contributed by atoms with Crippen LogP contribution in [0.4, 0.5) is 0 Å². The van der Waals surface area contributed by atoms with Gasteiger partial charge < -0.3 is 10.4 Å². The lowest BCUT2D eigenvalue weighted by molar-refractivity contribution is -0.131. The van der Waals surface area contributed by atoms with Crippen LogP contribution >= 0.6 is 0 Å². The second-order valence-electron chi connectivity index (χ2n) is 3.58. The number of hydrogen-bond donors (Lipinski definition) is 2. The lowest BCUT2D eigenvalue weighted by Gasteiger charge is -2.29. The van der Waals surface area contributed by atoms with E-state index in [4.69, 9.17) is 5.11 Å². The Morgan fingerprint density at radius 2 is 2.36 bits per heavy atom. The van der Waals surface area contributed by atoms with Crippen LogP contribution in [0.25, 0.3) is 0 Å². The molecule has 1 amide bonds. The maximum Gasteiger partial charge on any atom is 0.226 e. The van der Waals surface area contributed by atoms with Gasteiger partial charge in [-0.1, -0.05) is 0 Å². The van der Waals surface area contributed by atoms with E-state index in [0.717, 1.165) is 25.8 Å². The number of hydrogen-bond acceptors (Lipinski definition) is 2. The molecule has 1 atom stereocenters. The van der Waals surface area contributed by atoms with Crippen LogP contribution < -0.4 is 5.32 Å². The lowest BCUT2D eigenvalue weighted by atomic mass is 9.83. The monoisotopic (exact) mass is 155 g/mol. The summed E-state index contributed by atoms with van der Waals surface area (Å²) >= 11 is 0. The second kappa shape index (κ2) is 2.21. The molecule has 0 aromatic carbocycles. The Balaban J connectivity index is 2.15. The predicted molar refractivity (Wildman–Crippen MR) is 39.9 cm³/mol. The van der Waals surface area contributed by atoms with Crippen LogP contribution in [0.5, 0.6) is 0 Å². The summed E-state index contributed by atoms with van der Waals surface area (Å²) in [6.07, 6.45) is 2.90. The topological polar surface area (TPSA) is 49.3 Å². The standard InChI is InChI=1S/C8H13NO2/c10-5-6-1-4-9-7(11)8(6)2-3-8/h6,10H,1-5H2,(H,9,11). The van der Waals surface area contributed by atoms with E-state index < -0.39 is 0 Å². The van der Waals surface area contributed by atoms with Crippen LogP contribution in [-0.2, 0) is 4.79 Å². The van der Waals surface area contributed by atoms with Gasteiger partial charge in [-0.3, -0.25) is 4.79 Å². The lowest BCUT2D eigenvalue weighted by Crippen LogP contribution is -2.44. The van der Waals surface area contributed by atoms with Gasteiger partial charge in [-0.15, -0.1) is 0 Å². The van der Waals surface area contributed by atoms with Crippen molar-refractivity contribution in [1.82, 2.24) is 5.32 Å². The fourth-order valence-corrected chi connectivity index (χ4v) is 2.03. The molecule has 2 N–H and O–H groups in total. The minimum Gasteiger partial charge on any atom is -0.396 e. The molecular weight excluding hydrogens is 142 g/mol. The van der Waals surface area contributed by atoms with Crippen molar-refractivity contribution in [1.29, 1.82) is 0 Å². The highest BCUT2D eigenvalue weighted by Crippen LogP contribution is 2.54. The molecule has 11 heavy (non-hydrogen) atoms. The van der Waals surface area contributed by atoms with Gasteiger partial charge in [0.2, 0.25) is 5.91 Å². The molecule has 1 aliphatic heterocycles. The molecule has 1 spiro atoms. The number of carbonyl (C=O) groups excluding carboxylic acids is 1. The van der Waals surface area contributed by atoms with Crippen LogP contribution in [0.3, 0.4) is 0 Å². The van der Waals surface area contributed by atoms with Crippen molar-refractivity contribution in [2.45, 2.75) is 19.3 Å². The third kappa shape index (κ3) is 0.872. The van der Waals surface area contributed by atoms with Crippen molar-refractivity contribution in [2.24, 2.45) is 11.3 Å². The van der Waals surface area contributed by atoms with Crippen molar-refractivity contribution < 1.29 is 9.90 Å². The molecule has 1 saturated carbocycles. The van der Waals surface area contributed by atoms with Gasteiger partial charge in [0.15, 0.2) is 0 Å². The third-order valence-electron chi connectivity index (χ3n) is 3.02. The zero-order valence-electron chi connectivity index (χ0n) is 6.47. The van der Waals surface area contributed by atoms with Crippen LogP contribution in [0.1, 0.15) is 19.3 Å². The molecule has 0 bridgehead atoms. The maximum absolute atomic E-state index is 11.3. The smallest absolute Gasteiger partial charge is 0.226 e. The largest absolute Gasteiger partial charge is 0.396 e. The van der Waals surface area contributed by atoms with Crippen molar-refractivity contribution in [3.63, 3.8) is 0 Å². The molecule has 1 aliphatic carbocycles. The average Bonchev–Trinajstić information content (AvgIpc) is 2.77. The average molecular weight is 155 g/mol. The van der Waals surface area contributed by atoms with Crippen LogP contribution in [0.15, 0.2) is 0 Å². The molecule has 1 saturated heterocycles. The number of piperidine rings is 1. The maximum atomic E-state index is 11.3. The molecule has 2 rings (SSSR count). The predicted octanol–water partition coefficient (Wildman–Crippen LogP) is -0.105. The molecule has 3 heteroatoms. The van der Waals surface area contributed by atoms with Gasteiger partial charge in [-0.25, -0.2) is 0 Å². The SMILES string of the molecule is O=C1NCCC(CO)C12CC2. The van der Waals surface area contributed by atoms with E-state index in [1.165, 1.54) is 0 Å². The Morgan fingerprint density at radius 3 is 2.82 bits per heavy atom. The minimum atomic E-state index is -0.146. The number of aliphatic hydroxyl groups is 1. The van der Waals surface area contributed by atoms with Gasteiger partial charge in [-0.05, 0) is 25.2 Å².